The number of halogens is 2. The van der Waals surface area contributed by atoms with E-state index in [0.29, 0.717) is 16.0 Å². The predicted octanol–water partition coefficient (Wildman–Crippen LogP) is 5.31. The highest BCUT2D eigenvalue weighted by Crippen LogP contribution is 2.37. The standard InChI is InChI=1S/C17H17Cl2N/c18-14-7-8-15(16(19)10-14)17(20)13-6-2-5-12(9-13)11-3-1-4-11/h2,5-11,17H,1,3-4,20H2. The van der Waals surface area contributed by atoms with Crippen molar-refractivity contribution < 1.29 is 0 Å². The molecule has 0 saturated heterocycles. The third-order valence-corrected chi connectivity index (χ3v) is 4.71. The van der Waals surface area contributed by atoms with Gasteiger partial charge in [-0.05, 0) is 47.6 Å². The van der Waals surface area contributed by atoms with Gasteiger partial charge >= 0.3 is 0 Å². The van der Waals surface area contributed by atoms with Crippen LogP contribution in [0.25, 0.3) is 0 Å². The molecular weight excluding hydrogens is 289 g/mol. The van der Waals surface area contributed by atoms with Crippen molar-refractivity contribution in [3.05, 3.63) is 69.2 Å². The molecule has 1 unspecified atom stereocenters. The maximum atomic E-state index is 6.37. The fourth-order valence-corrected chi connectivity index (χ4v) is 3.21. The summed E-state index contributed by atoms with van der Waals surface area (Å²) in [5.41, 5.74) is 9.79. The predicted molar refractivity (Wildman–Crippen MR) is 85.5 cm³/mol. The molecule has 2 aromatic rings. The lowest BCUT2D eigenvalue weighted by Gasteiger charge is -2.26. The quantitative estimate of drug-likeness (QED) is 0.817. The lowest BCUT2D eigenvalue weighted by atomic mass is 9.79. The summed E-state index contributed by atoms with van der Waals surface area (Å²) in [6.45, 7) is 0. The molecule has 0 aromatic heterocycles. The van der Waals surface area contributed by atoms with E-state index in [1.54, 1.807) is 6.07 Å². The Balaban J connectivity index is 1.91. The fraction of sp³-hybridized carbons (Fsp3) is 0.294. The van der Waals surface area contributed by atoms with Crippen LogP contribution >= 0.6 is 23.2 Å². The Kier molecular flexibility index (Phi) is 4.02. The Hall–Kier alpha value is -1.02. The van der Waals surface area contributed by atoms with Crippen LogP contribution in [0.1, 0.15) is 47.9 Å². The maximum absolute atomic E-state index is 6.37. The molecule has 2 N–H and O–H groups in total. The van der Waals surface area contributed by atoms with E-state index in [1.807, 2.05) is 12.1 Å². The number of nitrogens with two attached hydrogens (primary N) is 1. The normalized spacial score (nSPS) is 16.8. The average molecular weight is 306 g/mol. The molecule has 1 fully saturated rings. The first kappa shape index (κ1) is 13.9. The van der Waals surface area contributed by atoms with Crippen molar-refractivity contribution in [1.82, 2.24) is 0 Å². The minimum atomic E-state index is -0.209. The summed E-state index contributed by atoms with van der Waals surface area (Å²) < 4.78 is 0. The number of hydrogen-bond acceptors (Lipinski definition) is 1. The molecule has 0 bridgehead atoms. The summed E-state index contributed by atoms with van der Waals surface area (Å²) in [7, 11) is 0. The van der Waals surface area contributed by atoms with Crippen LogP contribution in [0.2, 0.25) is 10.0 Å². The first-order valence-corrected chi connectivity index (χ1v) is 7.71. The molecule has 1 saturated carbocycles. The van der Waals surface area contributed by atoms with Crippen LogP contribution in [-0.4, -0.2) is 0 Å². The van der Waals surface area contributed by atoms with Gasteiger partial charge in [-0.25, -0.2) is 0 Å². The van der Waals surface area contributed by atoms with Gasteiger partial charge in [0.25, 0.3) is 0 Å². The maximum Gasteiger partial charge on any atom is 0.0566 e. The van der Waals surface area contributed by atoms with Crippen LogP contribution in [0.4, 0.5) is 0 Å². The van der Waals surface area contributed by atoms with E-state index >= 15 is 0 Å². The molecule has 1 atom stereocenters. The van der Waals surface area contributed by atoms with E-state index in [1.165, 1.54) is 24.8 Å². The van der Waals surface area contributed by atoms with Gasteiger partial charge in [-0.1, -0.05) is 60.0 Å². The molecule has 0 radical (unpaired) electrons. The van der Waals surface area contributed by atoms with E-state index in [-0.39, 0.29) is 6.04 Å². The van der Waals surface area contributed by atoms with E-state index in [2.05, 4.69) is 24.3 Å². The molecule has 1 nitrogen and oxygen atoms in total. The van der Waals surface area contributed by atoms with E-state index < -0.39 is 0 Å². The third kappa shape index (κ3) is 2.71. The van der Waals surface area contributed by atoms with Gasteiger partial charge in [-0.15, -0.1) is 0 Å². The minimum Gasteiger partial charge on any atom is -0.320 e. The monoisotopic (exact) mass is 305 g/mol. The van der Waals surface area contributed by atoms with Gasteiger partial charge < -0.3 is 5.73 Å². The minimum absolute atomic E-state index is 0.209. The Labute approximate surface area is 129 Å². The largest absolute Gasteiger partial charge is 0.320 e. The van der Waals surface area contributed by atoms with E-state index in [9.17, 15) is 0 Å². The number of hydrogen-bond donors (Lipinski definition) is 1. The second-order valence-corrected chi connectivity index (χ2v) is 6.29. The Morgan fingerprint density at radius 1 is 1.05 bits per heavy atom. The SMILES string of the molecule is NC(c1cccc(C2CCC2)c1)c1ccc(Cl)cc1Cl. The Bertz CT molecular complexity index is 620. The molecule has 3 heteroatoms. The van der Waals surface area contributed by atoms with E-state index in [4.69, 9.17) is 28.9 Å². The first-order valence-electron chi connectivity index (χ1n) is 6.95. The topological polar surface area (TPSA) is 26.0 Å². The summed E-state index contributed by atoms with van der Waals surface area (Å²) in [5, 5.41) is 1.26. The lowest BCUT2D eigenvalue weighted by Crippen LogP contribution is -2.14. The highest BCUT2D eigenvalue weighted by atomic mass is 35.5. The van der Waals surface area contributed by atoms with Crippen molar-refractivity contribution in [3.63, 3.8) is 0 Å². The highest BCUT2D eigenvalue weighted by Gasteiger charge is 2.20. The summed E-state index contributed by atoms with van der Waals surface area (Å²) in [6.07, 6.45) is 3.92. The van der Waals surface area contributed by atoms with Gasteiger partial charge in [0.15, 0.2) is 0 Å². The number of benzene rings is 2. The second kappa shape index (κ2) is 5.77. The van der Waals surface area contributed by atoms with Gasteiger partial charge in [0.2, 0.25) is 0 Å². The molecular formula is C17H17Cl2N. The van der Waals surface area contributed by atoms with Crippen molar-refractivity contribution in [2.75, 3.05) is 0 Å². The molecule has 104 valence electrons. The molecule has 0 spiro atoms. The summed E-state index contributed by atoms with van der Waals surface area (Å²) in [6, 6.07) is 13.9. The molecule has 1 aliphatic rings. The van der Waals surface area contributed by atoms with Crippen LogP contribution in [-0.2, 0) is 0 Å². The van der Waals surface area contributed by atoms with Crippen molar-refractivity contribution in [2.45, 2.75) is 31.2 Å². The van der Waals surface area contributed by atoms with Crippen LogP contribution < -0.4 is 5.73 Å². The van der Waals surface area contributed by atoms with Crippen molar-refractivity contribution in [2.24, 2.45) is 5.73 Å². The molecule has 0 heterocycles. The molecule has 20 heavy (non-hydrogen) atoms. The summed E-state index contributed by atoms with van der Waals surface area (Å²) >= 11 is 12.2. The van der Waals surface area contributed by atoms with Gasteiger partial charge in [-0.3, -0.25) is 0 Å². The first-order chi connectivity index (χ1) is 9.65. The van der Waals surface area contributed by atoms with Gasteiger partial charge in [0.1, 0.15) is 0 Å². The van der Waals surface area contributed by atoms with Crippen molar-refractivity contribution >= 4 is 23.2 Å². The Morgan fingerprint density at radius 3 is 2.50 bits per heavy atom. The van der Waals surface area contributed by atoms with Crippen LogP contribution in [0.15, 0.2) is 42.5 Å². The lowest BCUT2D eigenvalue weighted by molar-refractivity contribution is 0.419. The third-order valence-electron chi connectivity index (χ3n) is 4.14. The van der Waals surface area contributed by atoms with Gasteiger partial charge in [0.05, 0.1) is 6.04 Å². The summed E-state index contributed by atoms with van der Waals surface area (Å²) in [4.78, 5) is 0. The van der Waals surface area contributed by atoms with Crippen LogP contribution in [0.3, 0.4) is 0 Å². The molecule has 0 amide bonds. The van der Waals surface area contributed by atoms with Crippen molar-refractivity contribution in [1.29, 1.82) is 0 Å². The fourth-order valence-electron chi connectivity index (χ4n) is 2.68. The van der Waals surface area contributed by atoms with E-state index in [0.717, 1.165) is 11.1 Å². The molecule has 3 rings (SSSR count). The smallest absolute Gasteiger partial charge is 0.0566 e. The zero-order valence-electron chi connectivity index (χ0n) is 11.2. The second-order valence-electron chi connectivity index (χ2n) is 5.44. The molecule has 1 aliphatic carbocycles. The van der Waals surface area contributed by atoms with Crippen LogP contribution in [0.5, 0.6) is 0 Å². The van der Waals surface area contributed by atoms with Crippen molar-refractivity contribution in [3.8, 4) is 0 Å². The van der Waals surface area contributed by atoms with Gasteiger partial charge in [-0.2, -0.15) is 0 Å². The Morgan fingerprint density at radius 2 is 1.85 bits per heavy atom. The molecule has 2 aromatic carbocycles. The zero-order chi connectivity index (χ0) is 14.1. The van der Waals surface area contributed by atoms with Crippen LogP contribution in [0, 0.1) is 0 Å². The average Bonchev–Trinajstić information content (AvgIpc) is 2.36. The summed E-state index contributed by atoms with van der Waals surface area (Å²) in [5.74, 6) is 0.711. The molecule has 0 aliphatic heterocycles. The van der Waals surface area contributed by atoms with Gasteiger partial charge in [0, 0.05) is 10.0 Å². The highest BCUT2D eigenvalue weighted by molar-refractivity contribution is 6.35. The number of rotatable bonds is 3. The zero-order valence-corrected chi connectivity index (χ0v) is 12.7.